The third-order valence-corrected chi connectivity index (χ3v) is 4.30. The van der Waals surface area contributed by atoms with E-state index in [-0.39, 0.29) is 5.57 Å². The lowest BCUT2D eigenvalue weighted by molar-refractivity contribution is -0.146. The molecule has 1 saturated heterocycles. The van der Waals surface area contributed by atoms with Crippen molar-refractivity contribution in [3.05, 3.63) is 59.3 Å². The van der Waals surface area contributed by atoms with E-state index in [9.17, 15) is 19.2 Å². The first kappa shape index (κ1) is 15.9. The van der Waals surface area contributed by atoms with Gasteiger partial charge < -0.3 is 0 Å². The zero-order valence-corrected chi connectivity index (χ0v) is 13.4. The van der Waals surface area contributed by atoms with Gasteiger partial charge in [0.2, 0.25) is 11.8 Å². The van der Waals surface area contributed by atoms with Gasteiger partial charge in [0, 0.05) is 19.7 Å². The second kappa shape index (κ2) is 5.88. The Morgan fingerprint density at radius 1 is 0.875 bits per heavy atom. The number of amides is 4. The third-order valence-electron chi connectivity index (χ3n) is 4.30. The lowest BCUT2D eigenvalue weighted by Gasteiger charge is -2.34. The van der Waals surface area contributed by atoms with E-state index in [0.29, 0.717) is 12.0 Å². The van der Waals surface area contributed by atoms with Crippen LogP contribution in [-0.2, 0) is 14.4 Å². The number of carbonyl (C=O) groups is 4. The summed E-state index contributed by atoms with van der Waals surface area (Å²) >= 11 is 0. The predicted molar refractivity (Wildman–Crippen MR) is 86.6 cm³/mol. The predicted octanol–water partition coefficient (Wildman–Crippen LogP) is 1.53. The topological polar surface area (TPSA) is 74.8 Å². The molecule has 1 aliphatic heterocycles. The van der Waals surface area contributed by atoms with Crippen LogP contribution in [0.15, 0.2) is 59.3 Å². The lowest BCUT2D eigenvalue weighted by atomic mass is 9.84. The molecule has 0 aromatic carbocycles. The standard InChI is InChI=1S/C18H16N2O4/c1-19-16(22)15(17(23)20(2)18(19)24)14-12-8-4-3-6-11(10-12)7-5-9-13(14)21/h3-9,15H,10H2,1-2H3. The number of rotatable bonds is 1. The largest absolute Gasteiger partial charge is 0.332 e. The van der Waals surface area contributed by atoms with Crippen molar-refractivity contribution in [3.63, 3.8) is 0 Å². The number of nitrogens with zero attached hydrogens (tertiary/aromatic N) is 2. The number of hydrogen-bond acceptors (Lipinski definition) is 4. The zero-order valence-electron chi connectivity index (χ0n) is 13.4. The van der Waals surface area contributed by atoms with Gasteiger partial charge in [-0.2, -0.15) is 0 Å². The number of ketones is 1. The highest BCUT2D eigenvalue weighted by Crippen LogP contribution is 2.31. The molecule has 122 valence electrons. The van der Waals surface area contributed by atoms with Crippen LogP contribution < -0.4 is 0 Å². The Hall–Kier alpha value is -3.02. The van der Waals surface area contributed by atoms with E-state index in [4.69, 9.17) is 0 Å². The van der Waals surface area contributed by atoms with Crippen molar-refractivity contribution < 1.29 is 19.2 Å². The molecule has 0 atom stereocenters. The van der Waals surface area contributed by atoms with Gasteiger partial charge in [0.15, 0.2) is 5.78 Å². The van der Waals surface area contributed by atoms with Crippen LogP contribution >= 0.6 is 0 Å². The normalized spacial score (nSPS) is 22.0. The molecule has 0 spiro atoms. The Morgan fingerprint density at radius 2 is 1.50 bits per heavy atom. The van der Waals surface area contributed by atoms with E-state index in [1.165, 1.54) is 20.2 Å². The molecule has 6 nitrogen and oxygen atoms in total. The SMILES string of the molecule is CN1C(=O)C(C2=C3C=CC=CC(=CC=CC2=O)C3)C(=O)N(C)C1=O. The molecule has 1 fully saturated rings. The van der Waals surface area contributed by atoms with E-state index in [0.717, 1.165) is 15.4 Å². The number of hydrogen-bond donors (Lipinski definition) is 0. The van der Waals surface area contributed by atoms with Gasteiger partial charge in [0.25, 0.3) is 0 Å². The first-order valence-electron chi connectivity index (χ1n) is 7.50. The molecule has 3 rings (SSSR count). The van der Waals surface area contributed by atoms with E-state index in [1.807, 2.05) is 18.2 Å². The highest BCUT2D eigenvalue weighted by molar-refractivity contribution is 6.23. The summed E-state index contributed by atoms with van der Waals surface area (Å²) in [6.45, 7) is 0. The van der Waals surface area contributed by atoms with Crippen LogP contribution in [0.5, 0.6) is 0 Å². The fourth-order valence-corrected chi connectivity index (χ4v) is 2.98. The molecule has 0 saturated carbocycles. The fraction of sp³-hybridized carbons (Fsp3) is 0.222. The van der Waals surface area contributed by atoms with Crippen LogP contribution in [0.2, 0.25) is 0 Å². The Morgan fingerprint density at radius 3 is 2.17 bits per heavy atom. The minimum atomic E-state index is -1.30. The van der Waals surface area contributed by atoms with Gasteiger partial charge in [0.05, 0.1) is 0 Å². The molecule has 24 heavy (non-hydrogen) atoms. The van der Waals surface area contributed by atoms with Gasteiger partial charge in [-0.1, -0.05) is 36.5 Å². The van der Waals surface area contributed by atoms with Gasteiger partial charge >= 0.3 is 6.03 Å². The van der Waals surface area contributed by atoms with E-state index < -0.39 is 29.5 Å². The van der Waals surface area contributed by atoms with Crippen molar-refractivity contribution in [1.82, 2.24) is 9.80 Å². The molecular formula is C18H16N2O4. The molecule has 0 radical (unpaired) electrons. The van der Waals surface area contributed by atoms with Crippen LogP contribution in [-0.4, -0.2) is 47.5 Å². The smallest absolute Gasteiger partial charge is 0.290 e. The summed E-state index contributed by atoms with van der Waals surface area (Å²) in [5, 5.41) is 0. The minimum absolute atomic E-state index is 0.137. The average molecular weight is 324 g/mol. The molecule has 0 aromatic rings. The number of carbonyl (C=O) groups excluding carboxylic acids is 4. The Balaban J connectivity index is 2.18. The Kier molecular flexibility index (Phi) is 3.89. The maximum absolute atomic E-state index is 12.6. The van der Waals surface area contributed by atoms with Crippen molar-refractivity contribution in [2.45, 2.75) is 6.42 Å². The molecule has 0 N–H and O–H groups in total. The van der Waals surface area contributed by atoms with Crippen LogP contribution in [0, 0.1) is 5.92 Å². The third kappa shape index (κ3) is 2.46. The molecular weight excluding hydrogens is 308 g/mol. The zero-order chi connectivity index (χ0) is 17.4. The Bertz CT molecular complexity index is 787. The van der Waals surface area contributed by atoms with Crippen LogP contribution in [0.1, 0.15) is 6.42 Å². The van der Waals surface area contributed by atoms with Crippen molar-refractivity contribution in [3.8, 4) is 0 Å². The maximum Gasteiger partial charge on any atom is 0.332 e. The number of barbiturate groups is 1. The number of urea groups is 1. The summed E-state index contributed by atoms with van der Waals surface area (Å²) in [7, 11) is 2.62. The van der Waals surface area contributed by atoms with Gasteiger partial charge in [-0.05, 0) is 23.6 Å². The molecule has 2 bridgehead atoms. The molecule has 4 amide bonds. The highest BCUT2D eigenvalue weighted by Gasteiger charge is 2.46. The maximum atomic E-state index is 12.6. The summed E-state index contributed by atoms with van der Waals surface area (Å²) in [6, 6.07) is -0.695. The first-order chi connectivity index (χ1) is 11.4. The van der Waals surface area contributed by atoms with Gasteiger partial charge in [-0.15, -0.1) is 0 Å². The van der Waals surface area contributed by atoms with E-state index in [2.05, 4.69) is 0 Å². The van der Waals surface area contributed by atoms with Crippen molar-refractivity contribution in [1.29, 1.82) is 0 Å². The number of allylic oxidation sites excluding steroid dienone is 9. The molecule has 1 heterocycles. The number of imide groups is 2. The van der Waals surface area contributed by atoms with Gasteiger partial charge in [-0.25, -0.2) is 4.79 Å². The molecule has 3 aliphatic rings. The summed E-state index contributed by atoms with van der Waals surface area (Å²) in [5.41, 5.74) is 1.71. The van der Waals surface area contributed by atoms with Crippen molar-refractivity contribution >= 4 is 23.6 Å². The molecule has 0 unspecified atom stereocenters. The minimum Gasteiger partial charge on any atom is -0.290 e. The first-order valence-corrected chi connectivity index (χ1v) is 7.50. The fourth-order valence-electron chi connectivity index (χ4n) is 2.98. The van der Waals surface area contributed by atoms with Crippen LogP contribution in [0.3, 0.4) is 0 Å². The van der Waals surface area contributed by atoms with Gasteiger partial charge in [-0.3, -0.25) is 24.2 Å². The summed E-state index contributed by atoms with van der Waals surface area (Å²) in [6.07, 6.45) is 12.5. The van der Waals surface area contributed by atoms with Crippen LogP contribution in [0.25, 0.3) is 0 Å². The lowest BCUT2D eigenvalue weighted by Crippen LogP contribution is -2.57. The molecule has 0 aromatic heterocycles. The highest BCUT2D eigenvalue weighted by atomic mass is 16.2. The van der Waals surface area contributed by atoms with Crippen molar-refractivity contribution in [2.75, 3.05) is 14.1 Å². The van der Waals surface area contributed by atoms with Gasteiger partial charge in [0.1, 0.15) is 5.92 Å². The summed E-state index contributed by atoms with van der Waals surface area (Å²) < 4.78 is 0. The monoisotopic (exact) mass is 324 g/mol. The quantitative estimate of drug-likeness (QED) is 0.686. The van der Waals surface area contributed by atoms with E-state index >= 15 is 0 Å². The second-order valence-corrected chi connectivity index (χ2v) is 5.81. The average Bonchev–Trinajstić information content (AvgIpc) is 2.80. The van der Waals surface area contributed by atoms with E-state index in [1.54, 1.807) is 18.2 Å². The number of fused-ring (bicyclic) bond motifs is 2. The Labute approximate surface area is 139 Å². The summed E-state index contributed by atoms with van der Waals surface area (Å²) in [5.74, 6) is -3.05. The summed E-state index contributed by atoms with van der Waals surface area (Å²) in [4.78, 5) is 51.4. The molecule has 6 heteroatoms. The second-order valence-electron chi connectivity index (χ2n) is 5.81. The van der Waals surface area contributed by atoms with Crippen molar-refractivity contribution in [2.24, 2.45) is 5.92 Å². The molecule has 2 aliphatic carbocycles. The van der Waals surface area contributed by atoms with Crippen LogP contribution in [0.4, 0.5) is 4.79 Å².